The van der Waals surface area contributed by atoms with Gasteiger partial charge in [0.05, 0.1) is 121 Å². The summed E-state index contributed by atoms with van der Waals surface area (Å²) < 4.78 is 24.4. The Kier molecular flexibility index (Phi) is 24.6. The lowest BCUT2D eigenvalue weighted by molar-refractivity contribution is -0.114. The van der Waals surface area contributed by atoms with E-state index >= 15 is 0 Å². The van der Waals surface area contributed by atoms with Crippen LogP contribution in [0.5, 0.6) is 17.4 Å². The van der Waals surface area contributed by atoms with Crippen molar-refractivity contribution in [3.63, 3.8) is 0 Å². The van der Waals surface area contributed by atoms with E-state index < -0.39 is 0 Å². The van der Waals surface area contributed by atoms with Crippen LogP contribution in [0.2, 0.25) is 0 Å². The molecular formula is C105H78FN17O8. The third-order valence-corrected chi connectivity index (χ3v) is 21.8. The minimum Gasteiger partial charge on any atom is -0.508 e. The number of aromatic nitrogens is 16. The van der Waals surface area contributed by atoms with Crippen molar-refractivity contribution in [3.05, 3.63) is 395 Å². The zero-order valence-corrected chi connectivity index (χ0v) is 71.3. The van der Waals surface area contributed by atoms with Gasteiger partial charge in [0.15, 0.2) is 0 Å². The van der Waals surface area contributed by atoms with Gasteiger partial charge < -0.3 is 38.5 Å². The molecule has 0 aliphatic carbocycles. The molecule has 3 N–H and O–H groups in total. The average molecular weight is 1720 g/mol. The molecule has 0 aliphatic rings. The molecule has 131 heavy (non-hydrogen) atoms. The fraction of sp³-hybridized carbons (Fsp3) is 0.0571. The minimum atomic E-state index is -0.290. The Morgan fingerprint density at radius 2 is 0.634 bits per heavy atom. The zero-order valence-electron chi connectivity index (χ0n) is 71.3. The molecule has 0 saturated heterocycles. The van der Waals surface area contributed by atoms with Gasteiger partial charge in [0.25, 0.3) is 22.2 Å². The van der Waals surface area contributed by atoms with Crippen LogP contribution in [0.4, 0.5) is 10.1 Å². The monoisotopic (exact) mass is 1720 g/mol. The van der Waals surface area contributed by atoms with Crippen LogP contribution in [0.1, 0.15) is 6.92 Å². The van der Waals surface area contributed by atoms with Crippen LogP contribution in [-0.2, 0) is 33.0 Å². The molecule has 21 rings (SSSR count). The van der Waals surface area contributed by atoms with Gasteiger partial charge in [-0.3, -0.25) is 53.9 Å². The maximum absolute atomic E-state index is 13.2. The molecule has 10 aromatic carbocycles. The Morgan fingerprint density at radius 1 is 0.313 bits per heavy atom. The molecule has 0 aliphatic heterocycles. The number of amides is 1. The number of carbonyl (C=O) groups excluding carboxylic acids is 1. The summed E-state index contributed by atoms with van der Waals surface area (Å²) in [5.41, 5.74) is 22.1. The number of rotatable bonds is 12. The number of anilines is 1. The first kappa shape index (κ1) is 85.2. The molecule has 11 aromatic heterocycles. The molecule has 1 amide bonds. The smallest absolute Gasteiger partial charge is 0.260 e. The average Bonchev–Trinajstić information content (AvgIpc) is 0.773. The number of hydrogen-bond donors (Lipinski definition) is 3. The van der Waals surface area contributed by atoms with Gasteiger partial charge in [-0.25, -0.2) is 34.3 Å². The number of nitrogens with one attached hydrogen (secondary N) is 1. The van der Waals surface area contributed by atoms with E-state index in [1.54, 1.807) is 127 Å². The van der Waals surface area contributed by atoms with Crippen LogP contribution >= 0.6 is 0 Å². The number of aryl methyl sites for hydroxylation is 4. The number of fused-ring (bicyclic) bond motifs is 6. The second kappa shape index (κ2) is 37.9. The summed E-state index contributed by atoms with van der Waals surface area (Å²) in [5, 5.41) is 26.5. The number of phenolic OH excluding ortho intramolecular Hbond substituents is 2. The quantitative estimate of drug-likeness (QED) is 0.102. The second-order valence-corrected chi connectivity index (χ2v) is 30.4. The molecule has 26 heteroatoms. The van der Waals surface area contributed by atoms with Crippen molar-refractivity contribution < 1.29 is 24.1 Å². The summed E-state index contributed by atoms with van der Waals surface area (Å²) in [4.78, 5) is 114. The SMILES string of the molecule is CC(=O)Nc1cccc(-c2ncccc2-c2ccc3ncn(C)c(=O)c3c2)c1.COc1ncnc2ccc(-c3cccnc3-c3cccc(O)c3)cc12.Cn1cnc2ccc(-c3cccnc3-c3ccc(F)cc3)cc2c1=O.Cn1cnc2ccc(-c3cccnc3-c3cccc(O)c3)cc2c1=O.Cn1cnc2ccc(-c3cccnc3-c3cccc4cccnc34)cc2c1=O. The molecule has 11 heterocycles. The number of ether oxygens (including phenoxy) is 1. The standard InChI is InChI=1S/C23H16N4O.C22H18N4O2.C20H14FN3O.2C20H15N3O2/c1-27-14-26-20-10-9-16(13-19(20)23(27)28)17-8-4-12-25-22(17)18-7-2-5-15-6-3-11-24-21(15)18;1-14(27)25-17-6-3-5-16(11-17)21-18(7-4-10-23-21)15-8-9-20-19(12-15)22(28)26(2)13-24-20;1-24-12-23-18-9-6-14(11-17(18)20(24)25)16-3-2-10-22-19(16)13-4-7-15(21)8-5-13;1-25-20-17-11-13(7-8-18(17)22-12-23-20)16-6-3-9-21-19(16)14-4-2-5-15(24)10-14;1-23-12-22-18-8-7-13(11-17(18)20(23)25)16-6-3-9-21-19(16)14-4-2-5-15(24)10-14/h2-14H,1H3;3-13H,1-2H3,(H,25,27);2-12H,1H3;2*2-12,24H,1H3. The molecule has 0 atom stereocenters. The van der Waals surface area contributed by atoms with Crippen LogP contribution in [0.15, 0.2) is 367 Å². The predicted molar refractivity (Wildman–Crippen MR) is 510 cm³/mol. The predicted octanol–water partition coefficient (Wildman–Crippen LogP) is 19.1. The summed E-state index contributed by atoms with van der Waals surface area (Å²) in [6.07, 6.45) is 18.0. The van der Waals surface area contributed by atoms with Crippen molar-refractivity contribution in [1.82, 2.24) is 78.1 Å². The van der Waals surface area contributed by atoms with Gasteiger partial charge in [-0.1, -0.05) is 121 Å². The number of phenols is 2. The van der Waals surface area contributed by atoms with Crippen molar-refractivity contribution in [2.45, 2.75) is 6.92 Å². The number of nitrogens with zero attached hydrogens (tertiary/aromatic N) is 16. The van der Waals surface area contributed by atoms with Crippen molar-refractivity contribution in [2.24, 2.45) is 28.2 Å². The van der Waals surface area contributed by atoms with Crippen molar-refractivity contribution in [1.29, 1.82) is 0 Å². The third kappa shape index (κ3) is 18.5. The Balaban J connectivity index is 0.000000115. The molecule has 0 spiro atoms. The van der Waals surface area contributed by atoms with Crippen LogP contribution in [0.25, 0.3) is 177 Å². The summed E-state index contributed by atoms with van der Waals surface area (Å²) in [7, 11) is 8.35. The molecule has 25 nitrogen and oxygen atoms in total. The first-order chi connectivity index (χ1) is 63.8. The molecule has 0 bridgehead atoms. The van der Waals surface area contributed by atoms with E-state index in [9.17, 15) is 38.6 Å². The van der Waals surface area contributed by atoms with Gasteiger partial charge in [-0.05, 0) is 186 Å². The largest absolute Gasteiger partial charge is 0.508 e. The van der Waals surface area contributed by atoms with Crippen molar-refractivity contribution in [3.8, 4) is 129 Å². The Hall–Kier alpha value is -17.9. The van der Waals surface area contributed by atoms with Crippen LogP contribution < -0.4 is 32.3 Å². The van der Waals surface area contributed by atoms with Crippen LogP contribution in [0.3, 0.4) is 0 Å². The first-order valence-electron chi connectivity index (χ1n) is 41.2. The van der Waals surface area contributed by atoms with E-state index in [0.29, 0.717) is 55.2 Å². The normalized spacial score (nSPS) is 10.9. The number of pyridine rings is 6. The minimum absolute atomic E-state index is 0.0656. The maximum Gasteiger partial charge on any atom is 0.260 e. The van der Waals surface area contributed by atoms with Gasteiger partial charge in [-0.15, -0.1) is 0 Å². The van der Waals surface area contributed by atoms with E-state index in [4.69, 9.17) is 4.74 Å². The fourth-order valence-electron chi connectivity index (χ4n) is 15.4. The molecule has 21 aromatic rings. The van der Waals surface area contributed by atoms with E-state index in [-0.39, 0.29) is 45.5 Å². The van der Waals surface area contributed by atoms with Gasteiger partial charge in [-0.2, -0.15) is 0 Å². The highest BCUT2D eigenvalue weighted by molar-refractivity contribution is 5.99. The number of aromatic hydroxyl groups is 2. The molecular weight excluding hydrogens is 1650 g/mol. The molecule has 0 saturated carbocycles. The highest BCUT2D eigenvalue weighted by atomic mass is 19.1. The number of methoxy groups -OCH3 is 1. The highest BCUT2D eigenvalue weighted by Gasteiger charge is 2.20. The van der Waals surface area contributed by atoms with Gasteiger partial charge in [0.1, 0.15) is 23.6 Å². The lowest BCUT2D eigenvalue weighted by Gasteiger charge is -2.11. The topological polar surface area (TPSA) is 321 Å². The first-order valence-corrected chi connectivity index (χ1v) is 41.2. The van der Waals surface area contributed by atoms with Crippen LogP contribution in [-0.4, -0.2) is 101 Å². The number of benzene rings is 10. The van der Waals surface area contributed by atoms with Gasteiger partial charge in [0, 0.05) is 139 Å². The van der Waals surface area contributed by atoms with Crippen molar-refractivity contribution in [2.75, 3.05) is 12.4 Å². The van der Waals surface area contributed by atoms with Gasteiger partial charge >= 0.3 is 0 Å². The number of carbonyl (C=O) groups is 1. The lowest BCUT2D eigenvalue weighted by atomic mass is 9.97. The summed E-state index contributed by atoms with van der Waals surface area (Å²) in [5.74, 6) is 0.515. The lowest BCUT2D eigenvalue weighted by Crippen LogP contribution is -2.16. The van der Waals surface area contributed by atoms with E-state index in [1.807, 2.05) is 218 Å². The fourth-order valence-corrected chi connectivity index (χ4v) is 15.4. The van der Waals surface area contributed by atoms with Gasteiger partial charge in [0.2, 0.25) is 11.8 Å². The van der Waals surface area contributed by atoms with Crippen LogP contribution in [0, 0.1) is 5.82 Å². The summed E-state index contributed by atoms with van der Waals surface area (Å²) >= 11 is 0. The summed E-state index contributed by atoms with van der Waals surface area (Å²) in [6.45, 7) is 1.47. The van der Waals surface area contributed by atoms with Crippen molar-refractivity contribution >= 4 is 77.0 Å². The van der Waals surface area contributed by atoms with E-state index in [2.05, 4.69) is 65.1 Å². The molecule has 0 fully saturated rings. The second-order valence-electron chi connectivity index (χ2n) is 30.4. The Morgan fingerprint density at radius 3 is 1.03 bits per heavy atom. The summed E-state index contributed by atoms with van der Waals surface area (Å²) in [6, 6.07) is 85.6. The highest BCUT2D eigenvalue weighted by Crippen LogP contribution is 2.40. The third-order valence-electron chi connectivity index (χ3n) is 21.8. The molecule has 0 unspecified atom stereocenters. The maximum atomic E-state index is 13.2. The molecule has 638 valence electrons. The number of halogens is 1. The Labute approximate surface area is 746 Å². The Bertz CT molecular complexity index is 8230. The zero-order chi connectivity index (χ0) is 90.8. The number of para-hydroxylation sites is 1. The van der Waals surface area contributed by atoms with E-state index in [1.165, 1.54) is 62.6 Å². The van der Waals surface area contributed by atoms with E-state index in [0.717, 1.165) is 134 Å². The number of hydrogen-bond acceptors (Lipinski definition) is 20. The molecule has 0 radical (unpaired) electrons.